The standard InChI is InChI=1S/C18H29NO5/c1-4-5-7-10-16(13-14(2)19-23)17(15(3)21)18(22)24-12-9-6-8-11-20/h13,20-21H,3-12H2,1-2H3/b14-13+,17-16+. The van der Waals surface area contributed by atoms with Gasteiger partial charge in [-0.05, 0) is 55.9 Å². The quantitative estimate of drug-likeness (QED) is 0.130. The molecule has 0 saturated carbocycles. The van der Waals surface area contributed by atoms with Crippen molar-refractivity contribution >= 4 is 5.97 Å². The molecular weight excluding hydrogens is 310 g/mol. The summed E-state index contributed by atoms with van der Waals surface area (Å²) in [5.41, 5.74) is 0.723. The third-order valence-electron chi connectivity index (χ3n) is 3.43. The zero-order valence-corrected chi connectivity index (χ0v) is 14.7. The highest BCUT2D eigenvalue weighted by Crippen LogP contribution is 2.22. The molecule has 0 heterocycles. The van der Waals surface area contributed by atoms with E-state index in [4.69, 9.17) is 9.84 Å². The predicted molar refractivity (Wildman–Crippen MR) is 94.4 cm³/mol. The highest BCUT2D eigenvalue weighted by Gasteiger charge is 2.19. The van der Waals surface area contributed by atoms with Crippen molar-refractivity contribution in [3.05, 3.63) is 40.2 Å². The van der Waals surface area contributed by atoms with E-state index in [9.17, 15) is 14.8 Å². The first-order valence-electron chi connectivity index (χ1n) is 8.38. The number of ether oxygens (including phenoxy) is 1. The van der Waals surface area contributed by atoms with Crippen LogP contribution >= 0.6 is 0 Å². The Balaban J connectivity index is 5.21. The number of aliphatic hydroxyl groups is 2. The van der Waals surface area contributed by atoms with Gasteiger partial charge in [0.25, 0.3) is 0 Å². The minimum absolute atomic E-state index is 0.00346. The maximum absolute atomic E-state index is 12.3. The maximum Gasteiger partial charge on any atom is 0.342 e. The Bertz CT molecular complexity index is 480. The third kappa shape index (κ3) is 9.25. The maximum atomic E-state index is 12.3. The number of hydrogen-bond donors (Lipinski definition) is 2. The number of carbonyl (C=O) groups excluding carboxylic acids is 1. The lowest BCUT2D eigenvalue weighted by Crippen LogP contribution is -2.13. The Hall–Kier alpha value is -1.95. The lowest BCUT2D eigenvalue weighted by Gasteiger charge is -2.12. The van der Waals surface area contributed by atoms with Crippen LogP contribution in [-0.2, 0) is 9.53 Å². The highest BCUT2D eigenvalue weighted by atomic mass is 16.5. The summed E-state index contributed by atoms with van der Waals surface area (Å²) in [6.45, 7) is 7.34. The summed E-state index contributed by atoms with van der Waals surface area (Å²) in [7, 11) is 0. The van der Waals surface area contributed by atoms with Gasteiger partial charge in [-0.2, -0.15) is 0 Å². The monoisotopic (exact) mass is 339 g/mol. The fraction of sp³-hybridized carbons (Fsp3) is 0.611. The summed E-state index contributed by atoms with van der Waals surface area (Å²) >= 11 is 0. The molecule has 6 nitrogen and oxygen atoms in total. The Kier molecular flexibility index (Phi) is 12.4. The van der Waals surface area contributed by atoms with Crippen LogP contribution < -0.4 is 0 Å². The lowest BCUT2D eigenvalue weighted by atomic mass is 9.99. The van der Waals surface area contributed by atoms with Crippen molar-refractivity contribution < 1.29 is 19.7 Å². The number of esters is 1. The van der Waals surface area contributed by atoms with E-state index in [0.717, 1.165) is 25.7 Å². The Morgan fingerprint density at radius 3 is 2.46 bits per heavy atom. The van der Waals surface area contributed by atoms with Crippen LogP contribution in [0.2, 0.25) is 0 Å². The normalized spacial score (nSPS) is 12.5. The molecule has 0 amide bonds. The van der Waals surface area contributed by atoms with E-state index in [2.05, 4.69) is 18.7 Å². The molecule has 0 unspecified atom stereocenters. The molecule has 0 saturated heterocycles. The van der Waals surface area contributed by atoms with Gasteiger partial charge >= 0.3 is 5.97 Å². The second kappa shape index (κ2) is 13.5. The van der Waals surface area contributed by atoms with Gasteiger partial charge in [0.1, 0.15) is 11.3 Å². The highest BCUT2D eigenvalue weighted by molar-refractivity contribution is 5.94. The van der Waals surface area contributed by atoms with Gasteiger partial charge in [0.05, 0.1) is 12.3 Å². The van der Waals surface area contributed by atoms with Crippen LogP contribution in [0.3, 0.4) is 0 Å². The number of nitroso groups, excluding NO2 is 1. The lowest BCUT2D eigenvalue weighted by molar-refractivity contribution is -0.139. The summed E-state index contributed by atoms with van der Waals surface area (Å²) in [6, 6.07) is 0. The fourth-order valence-electron chi connectivity index (χ4n) is 2.18. The second-order valence-electron chi connectivity index (χ2n) is 5.60. The number of unbranched alkanes of at least 4 members (excludes halogenated alkanes) is 4. The number of nitrogens with zero attached hydrogens (tertiary/aromatic N) is 1. The van der Waals surface area contributed by atoms with Crippen LogP contribution in [0.5, 0.6) is 0 Å². The molecule has 0 spiro atoms. The topological polar surface area (TPSA) is 96.2 Å². The number of rotatable bonds is 13. The molecule has 0 aromatic carbocycles. The van der Waals surface area contributed by atoms with E-state index < -0.39 is 5.97 Å². The predicted octanol–water partition coefficient (Wildman–Crippen LogP) is 4.31. The van der Waals surface area contributed by atoms with Gasteiger partial charge in [0.2, 0.25) is 0 Å². The van der Waals surface area contributed by atoms with Crippen LogP contribution in [0.25, 0.3) is 0 Å². The van der Waals surface area contributed by atoms with Crippen molar-refractivity contribution in [3.8, 4) is 0 Å². The molecule has 24 heavy (non-hydrogen) atoms. The van der Waals surface area contributed by atoms with Crippen molar-refractivity contribution in [2.75, 3.05) is 13.2 Å². The van der Waals surface area contributed by atoms with Gasteiger partial charge in [0, 0.05) is 6.61 Å². The molecular formula is C18H29NO5. The van der Waals surface area contributed by atoms with Crippen LogP contribution in [-0.4, -0.2) is 29.4 Å². The molecule has 0 aromatic heterocycles. The Labute approximate surface area is 143 Å². The number of carbonyl (C=O) groups is 1. The minimum atomic E-state index is -0.659. The van der Waals surface area contributed by atoms with Crippen molar-refractivity contribution in [1.29, 1.82) is 0 Å². The van der Waals surface area contributed by atoms with E-state index in [0.29, 0.717) is 24.8 Å². The van der Waals surface area contributed by atoms with Gasteiger partial charge in [0.15, 0.2) is 0 Å². The Morgan fingerprint density at radius 1 is 1.21 bits per heavy atom. The third-order valence-corrected chi connectivity index (χ3v) is 3.43. The van der Waals surface area contributed by atoms with Crippen molar-refractivity contribution in [3.63, 3.8) is 0 Å². The largest absolute Gasteiger partial charge is 0.508 e. The van der Waals surface area contributed by atoms with E-state index >= 15 is 0 Å². The first-order valence-corrected chi connectivity index (χ1v) is 8.38. The van der Waals surface area contributed by atoms with Crippen molar-refractivity contribution in [2.45, 2.75) is 58.8 Å². The fourth-order valence-corrected chi connectivity index (χ4v) is 2.18. The molecule has 0 aliphatic rings. The van der Waals surface area contributed by atoms with E-state index in [1.165, 1.54) is 13.0 Å². The molecule has 0 rings (SSSR count). The van der Waals surface area contributed by atoms with E-state index in [1.807, 2.05) is 0 Å². The summed E-state index contributed by atoms with van der Waals surface area (Å²) in [5.74, 6) is -1.04. The zero-order valence-electron chi connectivity index (χ0n) is 14.7. The van der Waals surface area contributed by atoms with Crippen LogP contribution in [0, 0.1) is 4.91 Å². The molecule has 0 atom stereocenters. The molecule has 0 fully saturated rings. The average molecular weight is 339 g/mol. The van der Waals surface area contributed by atoms with E-state index in [-0.39, 0.29) is 30.2 Å². The van der Waals surface area contributed by atoms with Gasteiger partial charge < -0.3 is 14.9 Å². The molecule has 0 bridgehead atoms. The number of allylic oxidation sites excluding steroid dienone is 3. The first kappa shape index (κ1) is 22.1. The summed E-state index contributed by atoms with van der Waals surface area (Å²) in [4.78, 5) is 22.9. The minimum Gasteiger partial charge on any atom is -0.508 e. The zero-order chi connectivity index (χ0) is 18.4. The first-order chi connectivity index (χ1) is 11.5. The SMILES string of the molecule is C=C(O)/C(C(=O)OCCCCCO)=C(\C=C(/C)N=O)CCCCC. The molecule has 0 aromatic rings. The molecule has 6 heteroatoms. The van der Waals surface area contributed by atoms with Gasteiger partial charge in [-0.25, -0.2) is 4.79 Å². The van der Waals surface area contributed by atoms with E-state index in [1.54, 1.807) is 0 Å². The van der Waals surface area contributed by atoms with Crippen LogP contribution in [0.1, 0.15) is 58.8 Å². The smallest absolute Gasteiger partial charge is 0.342 e. The van der Waals surface area contributed by atoms with Crippen molar-refractivity contribution in [2.24, 2.45) is 5.18 Å². The van der Waals surface area contributed by atoms with Crippen LogP contribution in [0.15, 0.2) is 40.4 Å². The van der Waals surface area contributed by atoms with Gasteiger partial charge in [-0.3, -0.25) is 0 Å². The van der Waals surface area contributed by atoms with Gasteiger partial charge in [-0.1, -0.05) is 26.3 Å². The second-order valence-corrected chi connectivity index (χ2v) is 5.60. The average Bonchev–Trinajstić information content (AvgIpc) is 2.54. The van der Waals surface area contributed by atoms with Gasteiger partial charge in [-0.15, -0.1) is 4.91 Å². The molecule has 0 radical (unpaired) electrons. The summed E-state index contributed by atoms with van der Waals surface area (Å²) in [6.07, 6.45) is 6.84. The van der Waals surface area contributed by atoms with Crippen LogP contribution in [0.4, 0.5) is 0 Å². The molecule has 2 N–H and O–H groups in total. The number of hydrogen-bond acceptors (Lipinski definition) is 6. The summed E-state index contributed by atoms with van der Waals surface area (Å²) < 4.78 is 5.18. The molecule has 136 valence electrons. The Morgan fingerprint density at radius 2 is 1.92 bits per heavy atom. The molecule has 0 aliphatic carbocycles. The molecule has 0 aliphatic heterocycles. The van der Waals surface area contributed by atoms with Crippen molar-refractivity contribution in [1.82, 2.24) is 0 Å². The number of aliphatic hydroxyl groups excluding tert-OH is 2. The summed E-state index contributed by atoms with van der Waals surface area (Å²) in [5, 5.41) is 21.4.